The molecule has 3 amide bonds. The van der Waals surface area contributed by atoms with Gasteiger partial charge >= 0.3 is 0 Å². The van der Waals surface area contributed by atoms with Gasteiger partial charge in [0.15, 0.2) is 5.12 Å². The highest BCUT2D eigenvalue weighted by Gasteiger charge is 2.35. The largest absolute Gasteiger partial charge is 0.325 e. The second kappa shape index (κ2) is 5.46. The third-order valence-corrected chi connectivity index (χ3v) is 3.61. The normalized spacial score (nSPS) is 13.4. The van der Waals surface area contributed by atoms with Crippen molar-refractivity contribution in [2.75, 3.05) is 18.1 Å². The second-order valence-electron chi connectivity index (χ2n) is 4.23. The van der Waals surface area contributed by atoms with Crippen LogP contribution in [0.2, 0.25) is 0 Å². The van der Waals surface area contributed by atoms with Crippen LogP contribution in [-0.4, -0.2) is 40.5 Å². The van der Waals surface area contributed by atoms with Gasteiger partial charge in [-0.25, -0.2) is 0 Å². The van der Waals surface area contributed by atoms with Crippen LogP contribution in [0.4, 0.5) is 5.69 Å². The lowest BCUT2D eigenvalue weighted by atomic mass is 10.1. The Kier molecular flexibility index (Phi) is 3.89. The fourth-order valence-corrected chi connectivity index (χ4v) is 2.27. The minimum Gasteiger partial charge on any atom is -0.325 e. The van der Waals surface area contributed by atoms with Crippen molar-refractivity contribution in [3.05, 3.63) is 29.3 Å². The molecule has 0 aromatic heterocycles. The molecule has 0 radical (unpaired) electrons. The molecule has 1 aliphatic heterocycles. The van der Waals surface area contributed by atoms with E-state index in [0.717, 1.165) is 16.7 Å². The van der Waals surface area contributed by atoms with Gasteiger partial charge in [0.05, 0.1) is 22.6 Å². The summed E-state index contributed by atoms with van der Waals surface area (Å²) in [5.41, 5.74) is 0.759. The summed E-state index contributed by atoms with van der Waals surface area (Å²) in [6, 6.07) is 4.69. The molecule has 2 rings (SSSR count). The number of fused-ring (bicyclic) bond motifs is 1. The summed E-state index contributed by atoms with van der Waals surface area (Å²) in [5, 5.41) is 2.39. The summed E-state index contributed by atoms with van der Waals surface area (Å²) in [6.45, 7) is 1.37. The van der Waals surface area contributed by atoms with Crippen LogP contribution < -0.4 is 5.32 Å². The van der Waals surface area contributed by atoms with Crippen molar-refractivity contribution in [1.82, 2.24) is 4.90 Å². The SMILES string of the molecule is CC(=O)SCC(=O)Nc1cccc2c1C(=O)N(C)C2=O. The molecule has 1 aliphatic rings. The first-order chi connectivity index (χ1) is 9.41. The smallest absolute Gasteiger partial charge is 0.263 e. The number of carbonyl (C=O) groups is 4. The van der Waals surface area contributed by atoms with Crippen LogP contribution in [0.3, 0.4) is 0 Å². The average Bonchev–Trinajstić information content (AvgIpc) is 2.63. The molecule has 0 aliphatic carbocycles. The zero-order valence-electron chi connectivity index (χ0n) is 10.9. The quantitative estimate of drug-likeness (QED) is 0.844. The van der Waals surface area contributed by atoms with Crippen molar-refractivity contribution in [2.24, 2.45) is 0 Å². The molecule has 1 aromatic carbocycles. The number of benzene rings is 1. The average molecular weight is 292 g/mol. The molecule has 6 nitrogen and oxygen atoms in total. The first kappa shape index (κ1) is 14.3. The molecular formula is C13H12N2O4S. The van der Waals surface area contributed by atoms with Crippen LogP contribution >= 0.6 is 11.8 Å². The van der Waals surface area contributed by atoms with Crippen molar-refractivity contribution in [2.45, 2.75) is 6.92 Å². The Hall–Kier alpha value is -2.15. The molecule has 104 valence electrons. The van der Waals surface area contributed by atoms with E-state index in [0.29, 0.717) is 5.69 Å². The van der Waals surface area contributed by atoms with E-state index in [9.17, 15) is 19.2 Å². The molecule has 0 bridgehead atoms. The van der Waals surface area contributed by atoms with Crippen LogP contribution in [0.1, 0.15) is 27.6 Å². The molecule has 1 N–H and O–H groups in total. The lowest BCUT2D eigenvalue weighted by Gasteiger charge is -2.08. The van der Waals surface area contributed by atoms with Crippen LogP contribution in [0.25, 0.3) is 0 Å². The lowest BCUT2D eigenvalue weighted by molar-refractivity contribution is -0.114. The molecule has 0 fully saturated rings. The number of thioether (sulfide) groups is 1. The van der Waals surface area contributed by atoms with Gasteiger partial charge in [-0.05, 0) is 12.1 Å². The van der Waals surface area contributed by atoms with Crippen molar-refractivity contribution in [3.8, 4) is 0 Å². The first-order valence-corrected chi connectivity index (χ1v) is 6.79. The van der Waals surface area contributed by atoms with E-state index in [1.165, 1.54) is 14.0 Å². The molecule has 0 saturated heterocycles. The maximum atomic E-state index is 12.0. The summed E-state index contributed by atoms with van der Waals surface area (Å²) in [6.07, 6.45) is 0. The predicted molar refractivity (Wildman–Crippen MR) is 74.6 cm³/mol. The second-order valence-corrected chi connectivity index (χ2v) is 5.38. The molecule has 7 heteroatoms. The third kappa shape index (κ3) is 2.57. The number of hydrogen-bond acceptors (Lipinski definition) is 5. The highest BCUT2D eigenvalue weighted by Crippen LogP contribution is 2.28. The van der Waals surface area contributed by atoms with Gasteiger partial charge in [0.2, 0.25) is 5.91 Å². The van der Waals surface area contributed by atoms with Crippen LogP contribution in [0.5, 0.6) is 0 Å². The molecule has 1 heterocycles. The van der Waals surface area contributed by atoms with Crippen molar-refractivity contribution in [1.29, 1.82) is 0 Å². The van der Waals surface area contributed by atoms with Crippen molar-refractivity contribution in [3.63, 3.8) is 0 Å². The Bertz CT molecular complexity index is 627. The Morgan fingerprint density at radius 1 is 1.25 bits per heavy atom. The maximum absolute atomic E-state index is 12.0. The zero-order valence-corrected chi connectivity index (χ0v) is 11.7. The summed E-state index contributed by atoms with van der Waals surface area (Å²) >= 11 is 0.881. The minimum absolute atomic E-state index is 0.0308. The highest BCUT2D eigenvalue weighted by atomic mass is 32.2. The Morgan fingerprint density at radius 2 is 1.95 bits per heavy atom. The number of hydrogen-bond donors (Lipinski definition) is 1. The van der Waals surface area contributed by atoms with E-state index in [1.807, 2.05) is 0 Å². The molecule has 0 unspecified atom stereocenters. The number of rotatable bonds is 3. The first-order valence-electron chi connectivity index (χ1n) is 5.80. The van der Waals surface area contributed by atoms with Crippen molar-refractivity contribution < 1.29 is 19.2 Å². The Morgan fingerprint density at radius 3 is 2.60 bits per heavy atom. The summed E-state index contributed by atoms with van der Waals surface area (Å²) in [5.74, 6) is -1.26. The monoisotopic (exact) mass is 292 g/mol. The maximum Gasteiger partial charge on any atom is 0.263 e. The van der Waals surface area contributed by atoms with E-state index in [-0.39, 0.29) is 27.9 Å². The van der Waals surface area contributed by atoms with Gasteiger partial charge in [-0.1, -0.05) is 17.8 Å². The molecule has 0 spiro atoms. The molecule has 0 saturated carbocycles. The van der Waals surface area contributed by atoms with Gasteiger partial charge in [0, 0.05) is 14.0 Å². The summed E-state index contributed by atoms with van der Waals surface area (Å²) < 4.78 is 0. The summed E-state index contributed by atoms with van der Waals surface area (Å²) in [7, 11) is 1.39. The molecule has 0 atom stereocenters. The predicted octanol–water partition coefficient (Wildman–Crippen LogP) is 1.13. The van der Waals surface area contributed by atoms with Gasteiger partial charge < -0.3 is 5.32 Å². The van der Waals surface area contributed by atoms with Gasteiger partial charge in [0.25, 0.3) is 11.8 Å². The van der Waals surface area contributed by atoms with E-state index in [1.54, 1.807) is 18.2 Å². The molecular weight excluding hydrogens is 280 g/mol. The topological polar surface area (TPSA) is 83.6 Å². The van der Waals surface area contributed by atoms with Gasteiger partial charge in [-0.15, -0.1) is 0 Å². The number of nitrogens with one attached hydrogen (secondary N) is 1. The Labute approximate surface area is 119 Å². The fourth-order valence-electron chi connectivity index (χ4n) is 1.86. The third-order valence-electron chi connectivity index (χ3n) is 2.80. The van der Waals surface area contributed by atoms with Gasteiger partial charge in [-0.3, -0.25) is 24.1 Å². The van der Waals surface area contributed by atoms with Gasteiger partial charge in [-0.2, -0.15) is 0 Å². The van der Waals surface area contributed by atoms with E-state index >= 15 is 0 Å². The molecule has 1 aromatic rings. The van der Waals surface area contributed by atoms with E-state index in [4.69, 9.17) is 0 Å². The van der Waals surface area contributed by atoms with Crippen LogP contribution in [-0.2, 0) is 9.59 Å². The summed E-state index contributed by atoms with van der Waals surface area (Å²) in [4.78, 5) is 47.3. The standard InChI is InChI=1S/C13H12N2O4S/c1-7(16)20-6-10(17)14-9-5-3-4-8-11(9)13(19)15(2)12(8)18/h3-5H,6H2,1-2H3,(H,14,17). The number of anilines is 1. The van der Waals surface area contributed by atoms with Gasteiger partial charge in [0.1, 0.15) is 0 Å². The number of amides is 3. The van der Waals surface area contributed by atoms with E-state index < -0.39 is 11.8 Å². The Balaban J connectivity index is 2.23. The highest BCUT2D eigenvalue weighted by molar-refractivity contribution is 8.14. The lowest BCUT2D eigenvalue weighted by Crippen LogP contribution is -2.24. The van der Waals surface area contributed by atoms with Crippen LogP contribution in [0, 0.1) is 0 Å². The van der Waals surface area contributed by atoms with Crippen molar-refractivity contribution >= 4 is 40.3 Å². The number of nitrogens with zero attached hydrogens (tertiary/aromatic N) is 1. The number of carbonyl (C=O) groups excluding carboxylic acids is 4. The number of imide groups is 1. The minimum atomic E-state index is -0.444. The fraction of sp³-hybridized carbons (Fsp3) is 0.231. The zero-order chi connectivity index (χ0) is 14.9. The van der Waals surface area contributed by atoms with E-state index in [2.05, 4.69) is 5.32 Å². The molecule has 20 heavy (non-hydrogen) atoms. The van der Waals surface area contributed by atoms with Crippen LogP contribution in [0.15, 0.2) is 18.2 Å².